The average Bonchev–Trinajstić information content (AvgIpc) is 2.33. The van der Waals surface area contributed by atoms with E-state index in [9.17, 15) is 18.0 Å². The smallest absolute Gasteiger partial charge is 0.245 e. The molecule has 1 fully saturated rings. The lowest BCUT2D eigenvalue weighted by Gasteiger charge is -2.30. The highest BCUT2D eigenvalue weighted by atomic mass is 79.9. The van der Waals surface area contributed by atoms with Crippen molar-refractivity contribution in [3.63, 3.8) is 0 Å². The lowest BCUT2D eigenvalue weighted by Crippen LogP contribution is -2.58. The predicted octanol–water partition coefficient (Wildman–Crippen LogP) is 0.793. The molecule has 108 valence electrons. The SMILES string of the molecule is Cc1ccc(S(=O)(=O)N2CC(=O)NC(=O)C2C)c(Br)c1. The number of rotatable bonds is 2. The number of carbonyl (C=O) groups excluding carboxylic acids is 2. The van der Waals surface area contributed by atoms with Gasteiger partial charge in [0, 0.05) is 4.47 Å². The molecule has 1 aliphatic rings. The van der Waals surface area contributed by atoms with Crippen LogP contribution in [0.2, 0.25) is 0 Å². The number of amides is 2. The maximum absolute atomic E-state index is 12.6. The monoisotopic (exact) mass is 360 g/mol. The van der Waals surface area contributed by atoms with Crippen LogP contribution in [-0.4, -0.2) is 37.1 Å². The molecule has 8 heteroatoms. The van der Waals surface area contributed by atoms with Crippen molar-refractivity contribution < 1.29 is 18.0 Å². The van der Waals surface area contributed by atoms with Crippen LogP contribution in [0.1, 0.15) is 12.5 Å². The predicted molar refractivity (Wildman–Crippen MR) is 75.4 cm³/mol. The van der Waals surface area contributed by atoms with Crippen molar-refractivity contribution in [2.24, 2.45) is 0 Å². The minimum atomic E-state index is -3.92. The Morgan fingerprint density at radius 3 is 2.60 bits per heavy atom. The molecule has 0 saturated carbocycles. The lowest BCUT2D eigenvalue weighted by atomic mass is 10.2. The second-order valence-corrected chi connectivity index (χ2v) is 7.29. The van der Waals surface area contributed by atoms with Gasteiger partial charge in [-0.15, -0.1) is 0 Å². The highest BCUT2D eigenvalue weighted by Crippen LogP contribution is 2.27. The maximum Gasteiger partial charge on any atom is 0.245 e. The zero-order valence-corrected chi connectivity index (χ0v) is 13.3. The molecular formula is C12H13BrN2O4S. The van der Waals surface area contributed by atoms with Crippen molar-refractivity contribution in [3.05, 3.63) is 28.2 Å². The van der Waals surface area contributed by atoms with Crippen LogP contribution in [0.5, 0.6) is 0 Å². The van der Waals surface area contributed by atoms with Crippen LogP contribution < -0.4 is 5.32 Å². The van der Waals surface area contributed by atoms with E-state index >= 15 is 0 Å². The molecule has 0 aromatic heterocycles. The summed E-state index contributed by atoms with van der Waals surface area (Å²) in [6, 6.07) is 3.86. The molecule has 0 spiro atoms. The fourth-order valence-electron chi connectivity index (χ4n) is 1.93. The summed E-state index contributed by atoms with van der Waals surface area (Å²) in [5.41, 5.74) is 0.899. The molecule has 1 aromatic carbocycles. The Bertz CT molecular complexity index is 687. The Kier molecular flexibility index (Phi) is 3.99. The number of halogens is 1. The van der Waals surface area contributed by atoms with Crippen molar-refractivity contribution in [2.45, 2.75) is 24.8 Å². The van der Waals surface area contributed by atoms with Gasteiger partial charge in [-0.3, -0.25) is 14.9 Å². The van der Waals surface area contributed by atoms with Crippen LogP contribution in [0.3, 0.4) is 0 Å². The molecule has 1 atom stereocenters. The van der Waals surface area contributed by atoms with E-state index < -0.39 is 27.9 Å². The number of nitrogens with zero attached hydrogens (tertiary/aromatic N) is 1. The number of hydrogen-bond donors (Lipinski definition) is 1. The van der Waals surface area contributed by atoms with Crippen molar-refractivity contribution in [1.82, 2.24) is 9.62 Å². The quantitative estimate of drug-likeness (QED) is 0.790. The number of nitrogens with one attached hydrogen (secondary N) is 1. The Morgan fingerprint density at radius 2 is 2.00 bits per heavy atom. The minimum absolute atomic E-state index is 0.0393. The average molecular weight is 361 g/mol. The molecule has 1 heterocycles. The molecule has 1 N–H and O–H groups in total. The Balaban J connectivity index is 2.48. The van der Waals surface area contributed by atoms with Gasteiger partial charge in [-0.05, 0) is 47.5 Å². The van der Waals surface area contributed by atoms with Gasteiger partial charge in [0.05, 0.1) is 11.4 Å². The molecule has 2 amide bonds. The Labute approximate surface area is 125 Å². The summed E-state index contributed by atoms with van der Waals surface area (Å²) in [7, 11) is -3.92. The first kappa shape index (κ1) is 15.1. The van der Waals surface area contributed by atoms with E-state index in [0.29, 0.717) is 4.47 Å². The molecule has 1 saturated heterocycles. The van der Waals surface area contributed by atoms with Crippen LogP contribution in [0.4, 0.5) is 0 Å². The lowest BCUT2D eigenvalue weighted by molar-refractivity contribution is -0.136. The number of hydrogen-bond acceptors (Lipinski definition) is 4. The van der Waals surface area contributed by atoms with Gasteiger partial charge in [0.15, 0.2) is 0 Å². The summed E-state index contributed by atoms with van der Waals surface area (Å²) in [5.74, 6) is -1.24. The summed E-state index contributed by atoms with van der Waals surface area (Å²) >= 11 is 3.21. The van der Waals surface area contributed by atoms with E-state index in [4.69, 9.17) is 0 Å². The molecule has 0 aliphatic carbocycles. The number of benzene rings is 1. The van der Waals surface area contributed by atoms with Gasteiger partial charge < -0.3 is 0 Å². The summed E-state index contributed by atoms with van der Waals surface area (Å²) in [5, 5.41) is 2.11. The molecule has 1 unspecified atom stereocenters. The number of sulfonamides is 1. The zero-order chi connectivity index (χ0) is 15.1. The van der Waals surface area contributed by atoms with Crippen molar-refractivity contribution in [1.29, 1.82) is 0 Å². The van der Waals surface area contributed by atoms with E-state index in [-0.39, 0.29) is 11.4 Å². The molecule has 2 rings (SSSR count). The van der Waals surface area contributed by atoms with Crippen LogP contribution in [0.25, 0.3) is 0 Å². The van der Waals surface area contributed by atoms with E-state index in [1.807, 2.05) is 6.92 Å². The van der Waals surface area contributed by atoms with Crippen LogP contribution >= 0.6 is 15.9 Å². The van der Waals surface area contributed by atoms with Gasteiger partial charge in [0.1, 0.15) is 6.04 Å². The van der Waals surface area contributed by atoms with Crippen LogP contribution in [-0.2, 0) is 19.6 Å². The normalized spacial score (nSPS) is 20.9. The fraction of sp³-hybridized carbons (Fsp3) is 0.333. The molecular weight excluding hydrogens is 348 g/mol. The Hall–Kier alpha value is -1.25. The first-order chi connectivity index (χ1) is 9.23. The first-order valence-electron chi connectivity index (χ1n) is 5.85. The van der Waals surface area contributed by atoms with Gasteiger partial charge >= 0.3 is 0 Å². The topological polar surface area (TPSA) is 83.6 Å². The molecule has 0 radical (unpaired) electrons. The fourth-order valence-corrected chi connectivity index (χ4v) is 4.63. The number of piperazine rings is 1. The summed E-state index contributed by atoms with van der Waals surface area (Å²) < 4.78 is 26.5. The van der Waals surface area contributed by atoms with Gasteiger partial charge in [0.25, 0.3) is 0 Å². The molecule has 0 bridgehead atoms. The number of carbonyl (C=O) groups is 2. The largest absolute Gasteiger partial charge is 0.294 e. The molecule has 6 nitrogen and oxygen atoms in total. The van der Waals surface area contributed by atoms with Crippen LogP contribution in [0.15, 0.2) is 27.6 Å². The third-order valence-electron chi connectivity index (χ3n) is 3.05. The molecule has 1 aromatic rings. The second kappa shape index (κ2) is 5.27. The maximum atomic E-state index is 12.6. The van der Waals surface area contributed by atoms with Crippen molar-refractivity contribution >= 4 is 37.8 Å². The van der Waals surface area contributed by atoms with Crippen molar-refractivity contribution in [3.8, 4) is 0 Å². The highest BCUT2D eigenvalue weighted by Gasteiger charge is 2.39. The molecule has 20 heavy (non-hydrogen) atoms. The van der Waals surface area contributed by atoms with E-state index in [1.54, 1.807) is 12.1 Å². The minimum Gasteiger partial charge on any atom is -0.294 e. The number of imide groups is 1. The zero-order valence-electron chi connectivity index (χ0n) is 10.9. The highest BCUT2D eigenvalue weighted by molar-refractivity contribution is 9.10. The Morgan fingerprint density at radius 1 is 1.35 bits per heavy atom. The van der Waals surface area contributed by atoms with Gasteiger partial charge in [-0.2, -0.15) is 4.31 Å². The van der Waals surface area contributed by atoms with Gasteiger partial charge in [0.2, 0.25) is 21.8 Å². The molecule has 1 aliphatic heterocycles. The number of aryl methyl sites for hydroxylation is 1. The van der Waals surface area contributed by atoms with Gasteiger partial charge in [-0.25, -0.2) is 8.42 Å². The standard InChI is InChI=1S/C12H13BrN2O4S/c1-7-3-4-10(9(13)5-7)20(18,19)15-6-11(16)14-12(17)8(15)2/h3-5,8H,6H2,1-2H3,(H,14,16,17). The van der Waals surface area contributed by atoms with Crippen molar-refractivity contribution in [2.75, 3.05) is 6.54 Å². The van der Waals surface area contributed by atoms with E-state index in [1.165, 1.54) is 13.0 Å². The summed E-state index contributed by atoms with van der Waals surface area (Å²) in [6.07, 6.45) is 0. The van der Waals surface area contributed by atoms with E-state index in [2.05, 4.69) is 21.2 Å². The summed E-state index contributed by atoms with van der Waals surface area (Å²) in [6.45, 7) is 2.92. The summed E-state index contributed by atoms with van der Waals surface area (Å²) in [4.78, 5) is 23.0. The third-order valence-corrected chi connectivity index (χ3v) is 5.94. The van der Waals surface area contributed by atoms with Gasteiger partial charge in [-0.1, -0.05) is 6.07 Å². The second-order valence-electron chi connectivity index (χ2n) is 4.57. The van der Waals surface area contributed by atoms with E-state index in [0.717, 1.165) is 9.87 Å². The first-order valence-corrected chi connectivity index (χ1v) is 8.08. The van der Waals surface area contributed by atoms with Crippen LogP contribution in [0, 0.1) is 6.92 Å². The third kappa shape index (κ3) is 2.63.